The summed E-state index contributed by atoms with van der Waals surface area (Å²) in [6, 6.07) is 3.70. The molecule has 2 heterocycles. The molecule has 2 rings (SSSR count). The molecular weight excluding hydrogens is 276 g/mol. The van der Waals surface area contributed by atoms with E-state index in [9.17, 15) is 4.79 Å². The van der Waals surface area contributed by atoms with E-state index in [1.807, 2.05) is 12.1 Å². The molecule has 0 saturated carbocycles. The molecule has 0 bridgehead atoms. The van der Waals surface area contributed by atoms with Gasteiger partial charge in [0.2, 0.25) is 0 Å². The van der Waals surface area contributed by atoms with E-state index >= 15 is 0 Å². The fraction of sp³-hybridized carbons (Fsp3) is 0.400. The van der Waals surface area contributed by atoms with Crippen LogP contribution in [0.1, 0.15) is 5.56 Å². The minimum Gasteiger partial charge on any atom is -0.480 e. The molecule has 16 heavy (non-hydrogen) atoms. The normalized spacial score (nSPS) is 17.8. The molecular formula is C10H11BrN2O3. The van der Waals surface area contributed by atoms with Crippen LogP contribution in [-0.2, 0) is 15.1 Å². The second kappa shape index (κ2) is 4.48. The van der Waals surface area contributed by atoms with Crippen LogP contribution in [0, 0.1) is 0 Å². The topological polar surface area (TPSA) is 71.5 Å². The second-order valence-corrected chi connectivity index (χ2v) is 4.37. The minimum atomic E-state index is -0.966. The van der Waals surface area contributed by atoms with Gasteiger partial charge in [0.15, 0.2) is 0 Å². The third kappa shape index (κ3) is 2.09. The summed E-state index contributed by atoms with van der Waals surface area (Å²) >= 11 is 3.35. The third-order valence-corrected chi connectivity index (χ3v) is 3.17. The lowest BCUT2D eigenvalue weighted by molar-refractivity contribution is -0.155. The molecule has 0 aromatic carbocycles. The van der Waals surface area contributed by atoms with Gasteiger partial charge in [0.1, 0.15) is 16.8 Å². The highest BCUT2D eigenvalue weighted by Gasteiger charge is 2.42. The first kappa shape index (κ1) is 11.5. The summed E-state index contributed by atoms with van der Waals surface area (Å²) in [7, 11) is 0. The molecule has 1 aromatic heterocycles. The van der Waals surface area contributed by atoms with Crippen LogP contribution in [0.25, 0.3) is 0 Å². The minimum absolute atomic E-state index is 0.303. The molecule has 0 aliphatic carbocycles. The van der Waals surface area contributed by atoms with E-state index in [0.29, 0.717) is 17.7 Å². The fourth-order valence-electron chi connectivity index (χ4n) is 1.65. The van der Waals surface area contributed by atoms with Gasteiger partial charge in [-0.15, -0.1) is 0 Å². The molecule has 1 aromatic rings. The molecule has 5 nitrogen and oxygen atoms in total. The van der Waals surface area contributed by atoms with Crippen LogP contribution in [0.5, 0.6) is 0 Å². The van der Waals surface area contributed by atoms with Gasteiger partial charge in [0, 0.05) is 24.8 Å². The molecule has 1 aliphatic rings. The zero-order valence-corrected chi connectivity index (χ0v) is 10.0. The van der Waals surface area contributed by atoms with Crippen molar-refractivity contribution in [2.75, 3.05) is 19.7 Å². The lowest BCUT2D eigenvalue weighted by Crippen LogP contribution is -2.59. The lowest BCUT2D eigenvalue weighted by Gasteiger charge is -2.42. The van der Waals surface area contributed by atoms with Crippen LogP contribution in [-0.4, -0.2) is 35.8 Å². The predicted molar refractivity (Wildman–Crippen MR) is 60.1 cm³/mol. The number of carbonyl (C=O) groups is 1. The van der Waals surface area contributed by atoms with Crippen LogP contribution in [0.3, 0.4) is 0 Å². The Kier molecular flexibility index (Phi) is 3.22. The van der Waals surface area contributed by atoms with Gasteiger partial charge in [0.25, 0.3) is 0 Å². The van der Waals surface area contributed by atoms with Crippen LogP contribution in [0.2, 0.25) is 0 Å². The predicted octanol–water partition coefficient (Wildman–Crippen LogP) is 0.744. The van der Waals surface area contributed by atoms with E-state index in [0.717, 1.165) is 5.56 Å². The van der Waals surface area contributed by atoms with Crippen LogP contribution >= 0.6 is 15.9 Å². The first-order chi connectivity index (χ1) is 7.64. The molecule has 0 atom stereocenters. The molecule has 2 N–H and O–H groups in total. The van der Waals surface area contributed by atoms with E-state index in [-0.39, 0.29) is 6.61 Å². The Morgan fingerprint density at radius 3 is 2.94 bits per heavy atom. The Hall–Kier alpha value is -0.980. The van der Waals surface area contributed by atoms with Gasteiger partial charge in [-0.3, -0.25) is 0 Å². The molecule has 1 aliphatic heterocycles. The van der Waals surface area contributed by atoms with Gasteiger partial charge in [0.05, 0.1) is 0 Å². The number of hydrogen-bond acceptors (Lipinski definition) is 4. The summed E-state index contributed by atoms with van der Waals surface area (Å²) in [4.78, 5) is 14.6. The van der Waals surface area contributed by atoms with Gasteiger partial charge < -0.3 is 15.2 Å². The Bertz CT molecular complexity index is 407. The lowest BCUT2D eigenvalue weighted by atomic mass is 9.89. The van der Waals surface area contributed by atoms with Gasteiger partial charge in [-0.1, -0.05) is 6.07 Å². The van der Waals surface area contributed by atoms with E-state index in [4.69, 9.17) is 9.84 Å². The molecule has 0 spiro atoms. The fourth-order valence-corrected chi connectivity index (χ4v) is 2.26. The number of carboxylic acid groups (broad SMARTS) is 1. The molecule has 0 amide bonds. The van der Waals surface area contributed by atoms with Gasteiger partial charge >= 0.3 is 5.97 Å². The van der Waals surface area contributed by atoms with Crippen molar-refractivity contribution in [2.24, 2.45) is 0 Å². The maximum absolute atomic E-state index is 10.5. The standard InChI is InChI=1S/C10H11BrN2O3/c11-9-7(2-1-3-13-9)10(5-12-6-10)16-4-8(14)15/h1-3,12H,4-6H2,(H,14,15). The third-order valence-electron chi connectivity index (χ3n) is 2.54. The van der Waals surface area contributed by atoms with Gasteiger partial charge in [-0.05, 0) is 22.0 Å². The highest BCUT2D eigenvalue weighted by atomic mass is 79.9. The quantitative estimate of drug-likeness (QED) is 0.799. The Labute approximate surface area is 101 Å². The Balaban J connectivity index is 2.21. The van der Waals surface area contributed by atoms with Crippen molar-refractivity contribution in [3.8, 4) is 0 Å². The van der Waals surface area contributed by atoms with E-state index in [2.05, 4.69) is 26.2 Å². The number of carboxylic acids is 1. The number of pyridine rings is 1. The van der Waals surface area contributed by atoms with Crippen molar-refractivity contribution in [1.29, 1.82) is 0 Å². The summed E-state index contributed by atoms with van der Waals surface area (Å²) in [5.41, 5.74) is 0.320. The number of ether oxygens (including phenoxy) is 1. The smallest absolute Gasteiger partial charge is 0.329 e. The Morgan fingerprint density at radius 2 is 2.44 bits per heavy atom. The van der Waals surface area contributed by atoms with Crippen molar-refractivity contribution in [1.82, 2.24) is 10.3 Å². The van der Waals surface area contributed by atoms with Crippen molar-refractivity contribution in [3.63, 3.8) is 0 Å². The monoisotopic (exact) mass is 286 g/mol. The van der Waals surface area contributed by atoms with Crippen LogP contribution in [0.4, 0.5) is 0 Å². The second-order valence-electron chi connectivity index (χ2n) is 3.62. The SMILES string of the molecule is O=C(O)COC1(c2cccnc2Br)CNC1. The summed E-state index contributed by atoms with van der Waals surface area (Å²) < 4.78 is 6.16. The molecule has 86 valence electrons. The van der Waals surface area contributed by atoms with Crippen molar-refractivity contribution in [2.45, 2.75) is 5.60 Å². The highest BCUT2D eigenvalue weighted by Crippen LogP contribution is 2.33. The zero-order chi connectivity index (χ0) is 11.6. The number of nitrogens with zero attached hydrogens (tertiary/aromatic N) is 1. The number of halogens is 1. The summed E-state index contributed by atoms with van der Waals surface area (Å²) in [5, 5.41) is 11.7. The van der Waals surface area contributed by atoms with Crippen LogP contribution in [0.15, 0.2) is 22.9 Å². The van der Waals surface area contributed by atoms with Gasteiger partial charge in [-0.2, -0.15) is 0 Å². The molecule has 1 fully saturated rings. The highest BCUT2D eigenvalue weighted by molar-refractivity contribution is 9.10. The number of rotatable bonds is 4. The van der Waals surface area contributed by atoms with Gasteiger partial charge in [-0.25, -0.2) is 9.78 Å². The molecule has 0 unspecified atom stereocenters. The van der Waals surface area contributed by atoms with E-state index in [1.54, 1.807) is 6.20 Å². The average molecular weight is 287 g/mol. The largest absolute Gasteiger partial charge is 0.480 e. The van der Waals surface area contributed by atoms with Crippen molar-refractivity contribution in [3.05, 3.63) is 28.5 Å². The summed E-state index contributed by atoms with van der Waals surface area (Å²) in [6.07, 6.45) is 1.67. The van der Waals surface area contributed by atoms with Crippen LogP contribution < -0.4 is 5.32 Å². The first-order valence-electron chi connectivity index (χ1n) is 4.81. The zero-order valence-electron chi connectivity index (χ0n) is 8.44. The number of aromatic nitrogens is 1. The number of hydrogen-bond donors (Lipinski definition) is 2. The Morgan fingerprint density at radius 1 is 1.69 bits per heavy atom. The summed E-state index contributed by atoms with van der Waals surface area (Å²) in [6.45, 7) is 0.901. The van der Waals surface area contributed by atoms with E-state index < -0.39 is 11.6 Å². The maximum atomic E-state index is 10.5. The maximum Gasteiger partial charge on any atom is 0.329 e. The average Bonchev–Trinajstić information content (AvgIpc) is 2.18. The molecule has 0 radical (unpaired) electrons. The molecule has 6 heteroatoms. The summed E-state index contributed by atoms with van der Waals surface area (Å²) in [5.74, 6) is -0.966. The van der Waals surface area contributed by atoms with E-state index in [1.165, 1.54) is 0 Å². The number of aliphatic carboxylic acids is 1. The number of nitrogens with one attached hydrogen (secondary N) is 1. The molecule has 1 saturated heterocycles. The first-order valence-corrected chi connectivity index (χ1v) is 5.61. The van der Waals surface area contributed by atoms with Crippen molar-refractivity contribution >= 4 is 21.9 Å². The van der Waals surface area contributed by atoms with Crippen molar-refractivity contribution < 1.29 is 14.6 Å².